The molecule has 0 fully saturated rings. The first kappa shape index (κ1) is 24.6. The second kappa shape index (κ2) is 11.2. The number of carbonyl (C=O) groups is 1. The van der Waals surface area contributed by atoms with Crippen LogP contribution in [0.4, 0.5) is 0 Å². The largest absolute Gasteiger partial charge is 0.481 e. The number of aliphatic carboxylic acids is 1. The summed E-state index contributed by atoms with van der Waals surface area (Å²) in [6, 6.07) is 18.5. The van der Waals surface area contributed by atoms with Crippen LogP contribution >= 0.6 is 0 Å². The van der Waals surface area contributed by atoms with Gasteiger partial charge in [-0.1, -0.05) is 48.0 Å². The molecule has 1 N–H and O–H groups in total. The summed E-state index contributed by atoms with van der Waals surface area (Å²) >= 11 is 0. The zero-order chi connectivity index (χ0) is 23.8. The Morgan fingerprint density at radius 1 is 0.970 bits per heavy atom. The number of pyridine rings is 1. The number of benzene rings is 2. The fourth-order valence-corrected chi connectivity index (χ4v) is 5.32. The SMILES string of the molecule is Cc1ccc(S(=O)(=O)CCC(CCCc2cccnc2)c2ccc(C(C)C(=O)O)cc2)cc1. The van der Waals surface area contributed by atoms with E-state index in [1.807, 2.05) is 61.7 Å². The average molecular weight is 466 g/mol. The Kier molecular flexibility index (Phi) is 8.39. The highest BCUT2D eigenvalue weighted by molar-refractivity contribution is 7.91. The topological polar surface area (TPSA) is 84.3 Å². The van der Waals surface area contributed by atoms with E-state index >= 15 is 0 Å². The summed E-state index contributed by atoms with van der Waals surface area (Å²) in [6.45, 7) is 3.60. The second-order valence-corrected chi connectivity index (χ2v) is 10.7. The van der Waals surface area contributed by atoms with Gasteiger partial charge in [-0.15, -0.1) is 0 Å². The van der Waals surface area contributed by atoms with Gasteiger partial charge in [0.05, 0.1) is 16.6 Å². The molecule has 0 radical (unpaired) electrons. The molecule has 0 aliphatic carbocycles. The third-order valence-corrected chi connectivity index (χ3v) is 7.90. The van der Waals surface area contributed by atoms with Gasteiger partial charge < -0.3 is 5.11 Å². The Morgan fingerprint density at radius 2 is 1.64 bits per heavy atom. The molecule has 3 aromatic rings. The van der Waals surface area contributed by atoms with E-state index in [1.54, 1.807) is 25.3 Å². The Morgan fingerprint density at radius 3 is 2.24 bits per heavy atom. The maximum Gasteiger partial charge on any atom is 0.310 e. The predicted molar refractivity (Wildman–Crippen MR) is 130 cm³/mol. The van der Waals surface area contributed by atoms with Crippen molar-refractivity contribution in [2.24, 2.45) is 0 Å². The van der Waals surface area contributed by atoms with Gasteiger partial charge in [0.2, 0.25) is 0 Å². The van der Waals surface area contributed by atoms with Crippen molar-refractivity contribution in [2.75, 3.05) is 5.75 Å². The first-order valence-electron chi connectivity index (χ1n) is 11.3. The highest BCUT2D eigenvalue weighted by Crippen LogP contribution is 2.29. The van der Waals surface area contributed by atoms with Crippen LogP contribution in [0.2, 0.25) is 0 Å². The van der Waals surface area contributed by atoms with Crippen molar-refractivity contribution in [3.05, 3.63) is 95.3 Å². The fraction of sp³-hybridized carbons (Fsp3) is 0.333. The summed E-state index contributed by atoms with van der Waals surface area (Å²) in [4.78, 5) is 15.8. The molecular weight excluding hydrogens is 434 g/mol. The molecule has 1 heterocycles. The van der Waals surface area contributed by atoms with Crippen LogP contribution in [0.3, 0.4) is 0 Å². The van der Waals surface area contributed by atoms with E-state index < -0.39 is 21.7 Å². The minimum atomic E-state index is -3.38. The average Bonchev–Trinajstić information content (AvgIpc) is 2.82. The molecule has 0 aliphatic heterocycles. The highest BCUT2D eigenvalue weighted by atomic mass is 32.2. The van der Waals surface area contributed by atoms with E-state index in [2.05, 4.69) is 4.98 Å². The normalized spacial score (nSPS) is 13.4. The van der Waals surface area contributed by atoms with Crippen LogP contribution in [0.5, 0.6) is 0 Å². The van der Waals surface area contributed by atoms with Crippen LogP contribution < -0.4 is 0 Å². The van der Waals surface area contributed by atoms with Gasteiger partial charge >= 0.3 is 5.97 Å². The summed E-state index contributed by atoms with van der Waals surface area (Å²) in [6.07, 6.45) is 6.75. The third kappa shape index (κ3) is 6.99. The van der Waals surface area contributed by atoms with Crippen LogP contribution in [0.1, 0.15) is 60.3 Å². The van der Waals surface area contributed by atoms with Crippen molar-refractivity contribution in [3.8, 4) is 0 Å². The number of nitrogens with zero attached hydrogens (tertiary/aromatic N) is 1. The Labute approximate surface area is 196 Å². The third-order valence-electron chi connectivity index (χ3n) is 6.13. The minimum absolute atomic E-state index is 0.0658. The molecule has 6 heteroatoms. The van der Waals surface area contributed by atoms with Gasteiger partial charge in [0.25, 0.3) is 0 Å². The summed E-state index contributed by atoms with van der Waals surface area (Å²) in [5.41, 5.74) is 3.97. The molecule has 0 spiro atoms. The lowest BCUT2D eigenvalue weighted by molar-refractivity contribution is -0.138. The number of hydrogen-bond acceptors (Lipinski definition) is 4. The second-order valence-electron chi connectivity index (χ2n) is 8.60. The molecule has 2 aromatic carbocycles. The van der Waals surface area contributed by atoms with E-state index in [0.29, 0.717) is 11.3 Å². The Balaban J connectivity index is 1.74. The molecule has 5 nitrogen and oxygen atoms in total. The molecule has 0 amide bonds. The number of hydrogen-bond donors (Lipinski definition) is 1. The minimum Gasteiger partial charge on any atom is -0.481 e. The molecule has 2 atom stereocenters. The molecule has 0 saturated carbocycles. The van der Waals surface area contributed by atoms with Crippen molar-refractivity contribution in [2.45, 2.75) is 56.3 Å². The van der Waals surface area contributed by atoms with Crippen LogP contribution in [0.25, 0.3) is 0 Å². The van der Waals surface area contributed by atoms with Crippen molar-refractivity contribution in [1.29, 1.82) is 0 Å². The standard InChI is InChI=1S/C27H31NO4S/c1-20-8-14-26(15-9-20)33(31,32)18-16-24(7-3-5-22-6-4-17-28-19-22)25-12-10-23(11-13-25)21(2)27(29)30/h4,6,8-15,17,19,21,24H,3,5,7,16,18H2,1-2H3,(H,29,30). The van der Waals surface area contributed by atoms with E-state index in [9.17, 15) is 18.3 Å². The lowest BCUT2D eigenvalue weighted by Crippen LogP contribution is -2.12. The van der Waals surface area contributed by atoms with Gasteiger partial charge in [-0.05, 0) is 80.3 Å². The molecule has 174 valence electrons. The van der Waals surface area contributed by atoms with Crippen molar-refractivity contribution >= 4 is 15.8 Å². The fourth-order valence-electron chi connectivity index (χ4n) is 3.94. The van der Waals surface area contributed by atoms with Crippen LogP contribution in [0.15, 0.2) is 78.0 Å². The lowest BCUT2D eigenvalue weighted by Gasteiger charge is -2.19. The molecule has 0 aliphatic rings. The quantitative estimate of drug-likeness (QED) is 0.401. The zero-order valence-electron chi connectivity index (χ0n) is 19.1. The monoisotopic (exact) mass is 465 g/mol. The van der Waals surface area contributed by atoms with Gasteiger partial charge in [-0.3, -0.25) is 9.78 Å². The first-order valence-corrected chi connectivity index (χ1v) is 12.9. The number of aromatic nitrogens is 1. The van der Waals surface area contributed by atoms with Crippen molar-refractivity contribution < 1.29 is 18.3 Å². The molecule has 3 rings (SSSR count). The summed E-state index contributed by atoms with van der Waals surface area (Å²) in [7, 11) is -3.38. The predicted octanol–water partition coefficient (Wildman–Crippen LogP) is 5.55. The Hall–Kier alpha value is -2.99. The van der Waals surface area contributed by atoms with Gasteiger partial charge in [0.1, 0.15) is 0 Å². The van der Waals surface area contributed by atoms with E-state index in [-0.39, 0.29) is 11.7 Å². The zero-order valence-corrected chi connectivity index (χ0v) is 20.0. The summed E-state index contributed by atoms with van der Waals surface area (Å²) in [5.74, 6) is -1.30. The molecule has 0 saturated heterocycles. The van der Waals surface area contributed by atoms with Gasteiger partial charge in [0.15, 0.2) is 9.84 Å². The number of carboxylic acid groups (broad SMARTS) is 1. The van der Waals surface area contributed by atoms with E-state index in [1.165, 1.54) is 0 Å². The van der Waals surface area contributed by atoms with Crippen LogP contribution in [-0.4, -0.2) is 30.2 Å². The van der Waals surface area contributed by atoms with Gasteiger partial charge in [-0.25, -0.2) is 8.42 Å². The van der Waals surface area contributed by atoms with Crippen molar-refractivity contribution in [3.63, 3.8) is 0 Å². The van der Waals surface area contributed by atoms with Crippen LogP contribution in [-0.2, 0) is 21.1 Å². The first-order chi connectivity index (χ1) is 15.8. The smallest absolute Gasteiger partial charge is 0.310 e. The maximum atomic E-state index is 12.9. The van der Waals surface area contributed by atoms with Crippen molar-refractivity contribution in [1.82, 2.24) is 4.98 Å². The lowest BCUT2D eigenvalue weighted by atomic mass is 9.89. The number of rotatable bonds is 11. The molecular formula is C27H31NO4S. The molecule has 0 bridgehead atoms. The number of carboxylic acids is 1. The van der Waals surface area contributed by atoms with Crippen LogP contribution in [0, 0.1) is 6.92 Å². The molecule has 33 heavy (non-hydrogen) atoms. The maximum absolute atomic E-state index is 12.9. The van der Waals surface area contributed by atoms with E-state index in [4.69, 9.17) is 0 Å². The molecule has 2 unspecified atom stereocenters. The van der Waals surface area contributed by atoms with Gasteiger partial charge in [-0.2, -0.15) is 0 Å². The molecule has 1 aromatic heterocycles. The summed E-state index contributed by atoms with van der Waals surface area (Å²) in [5, 5.41) is 9.27. The number of aryl methyl sites for hydroxylation is 2. The van der Waals surface area contributed by atoms with Gasteiger partial charge in [0, 0.05) is 12.4 Å². The number of sulfone groups is 1. The highest BCUT2D eigenvalue weighted by Gasteiger charge is 2.20. The summed E-state index contributed by atoms with van der Waals surface area (Å²) < 4.78 is 25.8. The van der Waals surface area contributed by atoms with E-state index in [0.717, 1.165) is 41.5 Å². The Bertz CT molecular complexity index is 1140.